The summed E-state index contributed by atoms with van der Waals surface area (Å²) in [5.41, 5.74) is 0. The van der Waals surface area contributed by atoms with Gasteiger partial charge in [0.05, 0.1) is 0 Å². The molecule has 4 fully saturated rings. The van der Waals surface area contributed by atoms with Gasteiger partial charge in [0.25, 0.3) is 0 Å². The Labute approximate surface area is 126 Å². The number of hydrogen-bond donors (Lipinski definition) is 0. The molecule has 0 unspecified atom stereocenters. The van der Waals surface area contributed by atoms with Crippen molar-refractivity contribution in [3.63, 3.8) is 0 Å². The van der Waals surface area contributed by atoms with Gasteiger partial charge in [0, 0.05) is 0 Å². The van der Waals surface area contributed by atoms with Gasteiger partial charge in [0.2, 0.25) is 0 Å². The minimum atomic E-state index is 1.14. The fourth-order valence-electron chi connectivity index (χ4n) is 6.86. The SMILES string of the molecule is C1CC[C@H]2[C@@H](CC[C@@H]3CC[C@@H]4CCCC[C@@H]34)CC[C@H]2C1. The average molecular weight is 274 g/mol. The molecule has 0 bridgehead atoms. The van der Waals surface area contributed by atoms with Crippen molar-refractivity contribution in [3.8, 4) is 0 Å². The topological polar surface area (TPSA) is 0 Å². The number of rotatable bonds is 3. The van der Waals surface area contributed by atoms with Crippen LogP contribution in [-0.4, -0.2) is 0 Å². The van der Waals surface area contributed by atoms with E-state index in [2.05, 4.69) is 0 Å². The molecule has 4 rings (SSSR count). The van der Waals surface area contributed by atoms with E-state index in [-0.39, 0.29) is 0 Å². The molecule has 4 aliphatic rings. The van der Waals surface area contributed by atoms with Crippen molar-refractivity contribution in [1.82, 2.24) is 0 Å². The summed E-state index contributed by atoms with van der Waals surface area (Å²) in [4.78, 5) is 0. The molecule has 114 valence electrons. The third-order valence-electron chi connectivity index (χ3n) is 7.87. The van der Waals surface area contributed by atoms with Crippen LogP contribution in [0.2, 0.25) is 0 Å². The lowest BCUT2D eigenvalue weighted by molar-refractivity contribution is 0.187. The molecule has 6 atom stereocenters. The molecule has 0 spiro atoms. The van der Waals surface area contributed by atoms with Crippen LogP contribution in [0.3, 0.4) is 0 Å². The van der Waals surface area contributed by atoms with Gasteiger partial charge in [-0.25, -0.2) is 0 Å². The second kappa shape index (κ2) is 6.01. The van der Waals surface area contributed by atoms with E-state index in [4.69, 9.17) is 0 Å². The van der Waals surface area contributed by atoms with Gasteiger partial charge in [-0.3, -0.25) is 0 Å². The summed E-state index contributed by atoms with van der Waals surface area (Å²) in [7, 11) is 0. The lowest BCUT2D eigenvalue weighted by Crippen LogP contribution is -2.22. The van der Waals surface area contributed by atoms with Crippen molar-refractivity contribution in [2.75, 3.05) is 0 Å². The van der Waals surface area contributed by atoms with E-state index in [0.717, 1.165) is 35.5 Å². The molecule has 0 aromatic rings. The molecule has 0 aliphatic heterocycles. The fourth-order valence-corrected chi connectivity index (χ4v) is 6.86. The van der Waals surface area contributed by atoms with Gasteiger partial charge in [-0.05, 0) is 86.9 Å². The monoisotopic (exact) mass is 274 g/mol. The summed E-state index contributed by atoms with van der Waals surface area (Å²) in [5.74, 6) is 6.91. The molecule has 4 saturated carbocycles. The molecule has 0 heterocycles. The molecular weight excluding hydrogens is 240 g/mol. The number of fused-ring (bicyclic) bond motifs is 2. The fraction of sp³-hybridized carbons (Fsp3) is 1.00. The van der Waals surface area contributed by atoms with E-state index in [1.807, 2.05) is 0 Å². The first-order valence-electron chi connectivity index (χ1n) is 9.92. The summed E-state index contributed by atoms with van der Waals surface area (Å²) in [6.45, 7) is 0. The van der Waals surface area contributed by atoms with E-state index in [1.165, 1.54) is 0 Å². The highest BCUT2D eigenvalue weighted by atomic mass is 14.5. The van der Waals surface area contributed by atoms with Crippen LogP contribution in [0, 0.1) is 35.5 Å². The number of hydrogen-bond acceptors (Lipinski definition) is 0. The minimum Gasteiger partial charge on any atom is -0.0530 e. The van der Waals surface area contributed by atoms with E-state index in [9.17, 15) is 0 Å². The summed E-state index contributed by atoms with van der Waals surface area (Å²) >= 11 is 0. The maximum absolute atomic E-state index is 1.61. The second-order valence-corrected chi connectivity index (χ2v) is 8.67. The van der Waals surface area contributed by atoms with Crippen molar-refractivity contribution in [3.05, 3.63) is 0 Å². The van der Waals surface area contributed by atoms with Gasteiger partial charge < -0.3 is 0 Å². The predicted molar refractivity (Wildman–Crippen MR) is 85.6 cm³/mol. The molecule has 0 aromatic heterocycles. The van der Waals surface area contributed by atoms with Crippen LogP contribution in [0.5, 0.6) is 0 Å². The third kappa shape index (κ3) is 2.57. The summed E-state index contributed by atoms with van der Waals surface area (Å²) in [6.07, 6.45) is 22.1. The smallest absolute Gasteiger partial charge is 0.0357 e. The minimum absolute atomic E-state index is 1.14. The van der Waals surface area contributed by atoms with Crippen LogP contribution in [0.4, 0.5) is 0 Å². The van der Waals surface area contributed by atoms with Gasteiger partial charge in [0.15, 0.2) is 0 Å². The van der Waals surface area contributed by atoms with Crippen molar-refractivity contribution in [2.24, 2.45) is 35.5 Å². The van der Waals surface area contributed by atoms with Crippen LogP contribution < -0.4 is 0 Å². The molecule has 0 radical (unpaired) electrons. The lowest BCUT2D eigenvalue weighted by atomic mass is 9.74. The molecule has 0 nitrogen and oxygen atoms in total. The molecule has 4 aliphatic carbocycles. The van der Waals surface area contributed by atoms with Gasteiger partial charge in [0.1, 0.15) is 0 Å². The van der Waals surface area contributed by atoms with Crippen LogP contribution in [-0.2, 0) is 0 Å². The van der Waals surface area contributed by atoms with E-state index >= 15 is 0 Å². The summed E-state index contributed by atoms with van der Waals surface area (Å²) in [6, 6.07) is 0. The van der Waals surface area contributed by atoms with Crippen LogP contribution in [0.1, 0.15) is 89.9 Å². The first-order valence-corrected chi connectivity index (χ1v) is 9.92. The second-order valence-electron chi connectivity index (χ2n) is 8.67. The summed E-state index contributed by atoms with van der Waals surface area (Å²) in [5, 5.41) is 0. The molecular formula is C20H34. The first-order chi connectivity index (χ1) is 9.92. The zero-order chi connectivity index (χ0) is 13.4. The van der Waals surface area contributed by atoms with Crippen molar-refractivity contribution < 1.29 is 0 Å². The molecule has 0 heteroatoms. The van der Waals surface area contributed by atoms with Crippen LogP contribution in [0.15, 0.2) is 0 Å². The zero-order valence-electron chi connectivity index (χ0n) is 13.4. The molecule has 20 heavy (non-hydrogen) atoms. The largest absolute Gasteiger partial charge is 0.0530 e. The molecule has 0 saturated heterocycles. The Bertz CT molecular complexity index is 288. The highest BCUT2D eigenvalue weighted by molar-refractivity contribution is 4.91. The van der Waals surface area contributed by atoms with E-state index < -0.39 is 0 Å². The first kappa shape index (κ1) is 13.6. The van der Waals surface area contributed by atoms with E-state index in [1.54, 1.807) is 89.9 Å². The molecule has 0 N–H and O–H groups in total. The Morgan fingerprint density at radius 1 is 0.450 bits per heavy atom. The van der Waals surface area contributed by atoms with Gasteiger partial charge in [-0.1, -0.05) is 38.5 Å². The van der Waals surface area contributed by atoms with Gasteiger partial charge in [-0.2, -0.15) is 0 Å². The van der Waals surface area contributed by atoms with E-state index in [0.29, 0.717) is 0 Å². The Morgan fingerprint density at radius 2 is 0.900 bits per heavy atom. The maximum atomic E-state index is 1.61. The standard InChI is InChI=1S/C20H34/c1-3-7-19-15(5-1)9-11-17(19)13-14-18-12-10-16-6-2-4-8-20(16)18/h15-20H,1-14H2/t15-,16+,17-,18+,19-,20-/m1/s1. The summed E-state index contributed by atoms with van der Waals surface area (Å²) < 4.78 is 0. The highest BCUT2D eigenvalue weighted by Crippen LogP contribution is 2.51. The normalized spacial score (nSPS) is 48.0. The van der Waals surface area contributed by atoms with Gasteiger partial charge >= 0.3 is 0 Å². The Morgan fingerprint density at radius 3 is 1.40 bits per heavy atom. The lowest BCUT2D eigenvalue weighted by Gasteiger charge is -2.32. The van der Waals surface area contributed by atoms with Crippen molar-refractivity contribution in [1.29, 1.82) is 0 Å². The van der Waals surface area contributed by atoms with Crippen LogP contribution in [0.25, 0.3) is 0 Å². The van der Waals surface area contributed by atoms with Crippen molar-refractivity contribution in [2.45, 2.75) is 89.9 Å². The van der Waals surface area contributed by atoms with Gasteiger partial charge in [-0.15, -0.1) is 0 Å². The quantitative estimate of drug-likeness (QED) is 0.575. The molecule has 0 amide bonds. The zero-order valence-corrected chi connectivity index (χ0v) is 13.4. The Kier molecular flexibility index (Phi) is 4.10. The van der Waals surface area contributed by atoms with Crippen LogP contribution >= 0.6 is 0 Å². The maximum Gasteiger partial charge on any atom is -0.0357 e. The Hall–Kier alpha value is 0. The average Bonchev–Trinajstić information content (AvgIpc) is 3.09. The highest BCUT2D eigenvalue weighted by Gasteiger charge is 2.40. The predicted octanol–water partition coefficient (Wildman–Crippen LogP) is 6.20. The van der Waals surface area contributed by atoms with Crippen molar-refractivity contribution >= 4 is 0 Å². The molecule has 0 aromatic carbocycles. The third-order valence-corrected chi connectivity index (χ3v) is 7.87. The Balaban J connectivity index is 1.30.